The highest BCUT2D eigenvalue weighted by molar-refractivity contribution is 7.14. The molecule has 0 radical (unpaired) electrons. The zero-order valence-corrected chi connectivity index (χ0v) is 16.9. The Morgan fingerprint density at radius 3 is 2.52 bits per heavy atom. The summed E-state index contributed by atoms with van der Waals surface area (Å²) in [7, 11) is 0. The molecule has 0 aliphatic rings. The van der Waals surface area contributed by atoms with Crippen LogP contribution in [0, 0.1) is 6.92 Å². The second kappa shape index (κ2) is 9.17. The molecule has 4 nitrogen and oxygen atoms in total. The number of hydrogen-bond acceptors (Lipinski definition) is 5. The third-order valence-corrected chi connectivity index (χ3v) is 5.17. The number of aromatic nitrogens is 1. The van der Waals surface area contributed by atoms with Gasteiger partial charge in [-0.3, -0.25) is 5.43 Å². The van der Waals surface area contributed by atoms with Crippen molar-refractivity contribution in [2.24, 2.45) is 5.10 Å². The fourth-order valence-electron chi connectivity index (χ4n) is 2.85. The zero-order valence-electron chi connectivity index (χ0n) is 16.1. The van der Waals surface area contributed by atoms with E-state index in [-0.39, 0.29) is 0 Å². The molecular weight excluding hydrogens is 378 g/mol. The third kappa shape index (κ3) is 5.09. The van der Waals surface area contributed by atoms with E-state index in [4.69, 9.17) is 4.74 Å². The van der Waals surface area contributed by atoms with Crippen LogP contribution in [0.15, 0.2) is 89.3 Å². The molecule has 1 heterocycles. The summed E-state index contributed by atoms with van der Waals surface area (Å²) in [5.41, 5.74) is 8.35. The van der Waals surface area contributed by atoms with E-state index in [9.17, 15) is 0 Å². The van der Waals surface area contributed by atoms with Crippen LogP contribution in [0.1, 0.15) is 16.7 Å². The molecule has 144 valence electrons. The fraction of sp³-hybridized carbons (Fsp3) is 0.0833. The molecule has 0 saturated heterocycles. The van der Waals surface area contributed by atoms with Gasteiger partial charge in [-0.1, -0.05) is 60.7 Å². The van der Waals surface area contributed by atoms with Crippen molar-refractivity contribution < 1.29 is 4.74 Å². The summed E-state index contributed by atoms with van der Waals surface area (Å²) in [5, 5.41) is 7.12. The molecule has 29 heavy (non-hydrogen) atoms. The van der Waals surface area contributed by atoms with Gasteiger partial charge < -0.3 is 4.74 Å². The molecule has 0 unspecified atom stereocenters. The number of thiazole rings is 1. The van der Waals surface area contributed by atoms with Crippen molar-refractivity contribution >= 4 is 22.7 Å². The van der Waals surface area contributed by atoms with Gasteiger partial charge >= 0.3 is 0 Å². The van der Waals surface area contributed by atoms with Crippen LogP contribution in [0.25, 0.3) is 11.3 Å². The lowest BCUT2D eigenvalue weighted by molar-refractivity contribution is 0.306. The zero-order chi connectivity index (χ0) is 19.9. The van der Waals surface area contributed by atoms with Crippen molar-refractivity contribution in [2.75, 3.05) is 5.43 Å². The number of hydrogen-bond donors (Lipinski definition) is 1. The Balaban J connectivity index is 1.35. The van der Waals surface area contributed by atoms with E-state index in [1.807, 2.05) is 79.0 Å². The Hall–Kier alpha value is -3.44. The fourth-order valence-corrected chi connectivity index (χ4v) is 3.52. The number of rotatable bonds is 7. The van der Waals surface area contributed by atoms with Gasteiger partial charge in [0.1, 0.15) is 12.4 Å². The van der Waals surface area contributed by atoms with Crippen LogP contribution in [0.2, 0.25) is 0 Å². The molecule has 0 atom stereocenters. The lowest BCUT2D eigenvalue weighted by atomic mass is 10.1. The Morgan fingerprint density at radius 1 is 1.00 bits per heavy atom. The Labute approximate surface area is 174 Å². The molecule has 0 bridgehead atoms. The van der Waals surface area contributed by atoms with E-state index in [0.717, 1.165) is 38.8 Å². The predicted octanol–water partition coefficient (Wildman–Crippen LogP) is 6.14. The smallest absolute Gasteiger partial charge is 0.203 e. The van der Waals surface area contributed by atoms with Gasteiger partial charge in [0, 0.05) is 10.9 Å². The number of hydrazone groups is 1. The van der Waals surface area contributed by atoms with E-state index in [1.54, 1.807) is 6.21 Å². The maximum atomic E-state index is 5.88. The van der Waals surface area contributed by atoms with Gasteiger partial charge in [-0.2, -0.15) is 5.10 Å². The van der Waals surface area contributed by atoms with Crippen molar-refractivity contribution in [3.8, 4) is 17.0 Å². The van der Waals surface area contributed by atoms with Gasteiger partial charge in [0.15, 0.2) is 0 Å². The molecule has 5 heteroatoms. The minimum Gasteiger partial charge on any atom is -0.489 e. The number of nitrogens with zero attached hydrogens (tertiary/aromatic N) is 2. The van der Waals surface area contributed by atoms with E-state index in [2.05, 4.69) is 27.6 Å². The number of benzene rings is 3. The largest absolute Gasteiger partial charge is 0.489 e. The van der Waals surface area contributed by atoms with Gasteiger partial charge in [-0.05, 0) is 41.8 Å². The average Bonchev–Trinajstić information content (AvgIpc) is 3.24. The average molecular weight is 400 g/mol. The molecule has 4 aromatic rings. The first-order chi connectivity index (χ1) is 14.3. The van der Waals surface area contributed by atoms with Gasteiger partial charge in [-0.25, -0.2) is 4.98 Å². The lowest BCUT2D eigenvalue weighted by Crippen LogP contribution is -1.97. The number of anilines is 1. The minimum absolute atomic E-state index is 0.559. The second-order valence-electron chi connectivity index (χ2n) is 6.57. The van der Waals surface area contributed by atoms with Gasteiger partial charge in [0.2, 0.25) is 5.13 Å². The second-order valence-corrected chi connectivity index (χ2v) is 7.42. The molecule has 4 rings (SSSR count). The van der Waals surface area contributed by atoms with Crippen LogP contribution in [0.3, 0.4) is 0 Å². The van der Waals surface area contributed by atoms with Crippen molar-refractivity contribution in [1.29, 1.82) is 0 Å². The van der Waals surface area contributed by atoms with Crippen molar-refractivity contribution in [1.82, 2.24) is 4.98 Å². The highest BCUT2D eigenvalue weighted by Crippen LogP contribution is 2.24. The summed E-state index contributed by atoms with van der Waals surface area (Å²) in [6, 6.07) is 26.3. The number of nitrogens with one attached hydrogen (secondary N) is 1. The Kier molecular flexibility index (Phi) is 5.98. The maximum absolute atomic E-state index is 5.88. The molecule has 1 N–H and O–H groups in total. The molecule has 3 aromatic carbocycles. The van der Waals surface area contributed by atoms with Crippen molar-refractivity contribution in [3.63, 3.8) is 0 Å². The molecule has 0 amide bonds. The van der Waals surface area contributed by atoms with Crippen LogP contribution >= 0.6 is 11.3 Å². The Bertz CT molecular complexity index is 1090. The van der Waals surface area contributed by atoms with E-state index < -0.39 is 0 Å². The van der Waals surface area contributed by atoms with Crippen LogP contribution in [0.4, 0.5) is 5.13 Å². The lowest BCUT2D eigenvalue weighted by Gasteiger charge is -2.08. The standard InChI is InChI=1S/C24H21N3OS/c1-18-14-22(28-16-19-8-4-2-5-9-19)13-12-21(18)15-25-27-24-26-23(17-29-24)20-10-6-3-7-11-20/h2-15,17H,16H2,1H3,(H,26,27). The first-order valence-electron chi connectivity index (χ1n) is 9.35. The first kappa shape index (κ1) is 18.9. The number of ether oxygens (including phenoxy) is 1. The highest BCUT2D eigenvalue weighted by Gasteiger charge is 2.03. The van der Waals surface area contributed by atoms with Gasteiger partial charge in [0.25, 0.3) is 0 Å². The van der Waals surface area contributed by atoms with Crippen LogP contribution < -0.4 is 10.2 Å². The van der Waals surface area contributed by atoms with E-state index in [0.29, 0.717) is 6.61 Å². The molecule has 0 saturated carbocycles. The first-order valence-corrected chi connectivity index (χ1v) is 10.2. The van der Waals surface area contributed by atoms with Crippen LogP contribution in [-0.2, 0) is 6.61 Å². The van der Waals surface area contributed by atoms with E-state index in [1.165, 1.54) is 11.3 Å². The molecule has 0 spiro atoms. The van der Waals surface area contributed by atoms with E-state index >= 15 is 0 Å². The molecule has 0 fully saturated rings. The summed E-state index contributed by atoms with van der Waals surface area (Å²) in [6.07, 6.45) is 1.81. The molecule has 1 aromatic heterocycles. The SMILES string of the molecule is Cc1cc(OCc2ccccc2)ccc1C=NNc1nc(-c2ccccc2)cs1. The van der Waals surface area contributed by atoms with Crippen molar-refractivity contribution in [3.05, 3.63) is 101 Å². The van der Waals surface area contributed by atoms with Crippen molar-refractivity contribution in [2.45, 2.75) is 13.5 Å². The topological polar surface area (TPSA) is 46.5 Å². The van der Waals surface area contributed by atoms with Crippen LogP contribution in [-0.4, -0.2) is 11.2 Å². The predicted molar refractivity (Wildman–Crippen MR) is 121 cm³/mol. The quantitative estimate of drug-likeness (QED) is 0.300. The molecule has 0 aliphatic carbocycles. The normalized spacial score (nSPS) is 10.9. The minimum atomic E-state index is 0.559. The summed E-state index contributed by atoms with van der Waals surface area (Å²) < 4.78 is 5.88. The summed E-state index contributed by atoms with van der Waals surface area (Å²) in [5.74, 6) is 0.851. The van der Waals surface area contributed by atoms with Gasteiger partial charge in [-0.15, -0.1) is 11.3 Å². The summed E-state index contributed by atoms with van der Waals surface area (Å²) in [6.45, 7) is 2.61. The molecule has 0 aliphatic heterocycles. The monoisotopic (exact) mass is 399 g/mol. The Morgan fingerprint density at radius 2 is 1.76 bits per heavy atom. The highest BCUT2D eigenvalue weighted by atomic mass is 32.1. The molecular formula is C24H21N3OS. The van der Waals surface area contributed by atoms with Gasteiger partial charge in [0.05, 0.1) is 11.9 Å². The summed E-state index contributed by atoms with van der Waals surface area (Å²) in [4.78, 5) is 4.58. The maximum Gasteiger partial charge on any atom is 0.203 e. The van der Waals surface area contributed by atoms with Crippen LogP contribution in [0.5, 0.6) is 5.75 Å². The summed E-state index contributed by atoms with van der Waals surface area (Å²) >= 11 is 1.53. The third-order valence-electron chi connectivity index (χ3n) is 4.43. The number of aryl methyl sites for hydroxylation is 1.